The number of nitrogens with two attached hydrogens (primary N) is 1. The third-order valence-electron chi connectivity index (χ3n) is 2.56. The molecule has 1 aromatic rings. The van der Waals surface area contributed by atoms with E-state index in [0.29, 0.717) is 11.3 Å². The zero-order chi connectivity index (χ0) is 10.2. The molecule has 3 N–H and O–H groups in total. The highest BCUT2D eigenvalue weighted by molar-refractivity contribution is 5.95. The van der Waals surface area contributed by atoms with Gasteiger partial charge in [0.05, 0.1) is 0 Å². The summed E-state index contributed by atoms with van der Waals surface area (Å²) in [6.07, 6.45) is 2.14. The van der Waals surface area contributed by atoms with Crippen molar-refractivity contribution in [2.75, 3.05) is 5.73 Å². The van der Waals surface area contributed by atoms with Gasteiger partial charge in [-0.2, -0.15) is 0 Å². The Kier molecular flexibility index (Phi) is 1.95. The number of rotatable bonds is 2. The lowest BCUT2D eigenvalue weighted by Crippen LogP contribution is -2.34. The second-order valence-corrected chi connectivity index (χ2v) is 4.14. The van der Waals surface area contributed by atoms with Gasteiger partial charge < -0.3 is 11.1 Å². The van der Waals surface area contributed by atoms with Crippen molar-refractivity contribution in [3.63, 3.8) is 0 Å². The second kappa shape index (κ2) is 3.01. The highest BCUT2D eigenvalue weighted by Gasteiger charge is 2.38. The topological polar surface area (TPSA) is 55.1 Å². The van der Waals surface area contributed by atoms with Crippen LogP contribution in [0, 0.1) is 0 Å². The van der Waals surface area contributed by atoms with Crippen molar-refractivity contribution in [1.29, 1.82) is 0 Å². The van der Waals surface area contributed by atoms with E-state index in [1.165, 1.54) is 0 Å². The first-order chi connectivity index (χ1) is 6.59. The van der Waals surface area contributed by atoms with E-state index in [1.807, 2.05) is 0 Å². The third kappa shape index (κ3) is 1.87. The van der Waals surface area contributed by atoms with Crippen molar-refractivity contribution in [3.05, 3.63) is 29.8 Å². The summed E-state index contributed by atoms with van der Waals surface area (Å²) in [5.74, 6) is -0.0303. The lowest BCUT2D eigenvalue weighted by atomic mass is 10.2. The SMILES string of the molecule is CC1(NC(=O)c2cccc(N)c2)CC1. The molecule has 1 aliphatic rings. The molecule has 0 heterocycles. The van der Waals surface area contributed by atoms with E-state index in [1.54, 1.807) is 24.3 Å². The molecule has 14 heavy (non-hydrogen) atoms. The molecule has 0 saturated heterocycles. The zero-order valence-electron chi connectivity index (χ0n) is 8.21. The largest absolute Gasteiger partial charge is 0.399 e. The van der Waals surface area contributed by atoms with Crippen LogP contribution >= 0.6 is 0 Å². The maximum atomic E-state index is 11.7. The lowest BCUT2D eigenvalue weighted by Gasteiger charge is -2.11. The molecule has 0 spiro atoms. The fourth-order valence-corrected chi connectivity index (χ4v) is 1.34. The molecule has 0 aliphatic heterocycles. The Hall–Kier alpha value is -1.51. The van der Waals surface area contributed by atoms with Crippen LogP contribution in [-0.4, -0.2) is 11.4 Å². The molecule has 0 aromatic heterocycles. The van der Waals surface area contributed by atoms with Gasteiger partial charge in [0.1, 0.15) is 0 Å². The standard InChI is InChI=1S/C11H14N2O/c1-11(5-6-11)13-10(14)8-3-2-4-9(12)7-8/h2-4,7H,5-6,12H2,1H3,(H,13,14). The van der Waals surface area contributed by atoms with Crippen LogP contribution in [0.1, 0.15) is 30.1 Å². The Bertz CT molecular complexity index is 369. The fourth-order valence-electron chi connectivity index (χ4n) is 1.34. The Morgan fingerprint density at radius 3 is 2.79 bits per heavy atom. The fraction of sp³-hybridized carbons (Fsp3) is 0.364. The van der Waals surface area contributed by atoms with Crippen LogP contribution in [-0.2, 0) is 0 Å². The summed E-state index contributed by atoms with van der Waals surface area (Å²) in [5, 5.41) is 2.98. The number of benzene rings is 1. The van der Waals surface area contributed by atoms with Crippen molar-refractivity contribution in [3.8, 4) is 0 Å². The van der Waals surface area contributed by atoms with E-state index < -0.39 is 0 Å². The smallest absolute Gasteiger partial charge is 0.251 e. The molecule has 3 heteroatoms. The zero-order valence-corrected chi connectivity index (χ0v) is 8.21. The maximum absolute atomic E-state index is 11.7. The van der Waals surface area contributed by atoms with E-state index in [-0.39, 0.29) is 11.4 Å². The highest BCUT2D eigenvalue weighted by atomic mass is 16.1. The lowest BCUT2D eigenvalue weighted by molar-refractivity contribution is 0.0935. The molecule has 0 radical (unpaired) electrons. The van der Waals surface area contributed by atoms with Crippen molar-refractivity contribution in [2.24, 2.45) is 0 Å². The first-order valence-electron chi connectivity index (χ1n) is 4.77. The maximum Gasteiger partial charge on any atom is 0.251 e. The van der Waals surface area contributed by atoms with Gasteiger partial charge >= 0.3 is 0 Å². The van der Waals surface area contributed by atoms with Crippen molar-refractivity contribution in [1.82, 2.24) is 5.32 Å². The quantitative estimate of drug-likeness (QED) is 0.695. The average Bonchev–Trinajstić information content (AvgIpc) is 2.83. The van der Waals surface area contributed by atoms with Crippen molar-refractivity contribution < 1.29 is 4.79 Å². The van der Waals surface area contributed by atoms with Gasteiger partial charge in [-0.15, -0.1) is 0 Å². The summed E-state index contributed by atoms with van der Waals surface area (Å²) in [7, 11) is 0. The molecule has 0 bridgehead atoms. The van der Waals surface area contributed by atoms with Crippen LogP contribution in [0.5, 0.6) is 0 Å². The number of amides is 1. The second-order valence-electron chi connectivity index (χ2n) is 4.14. The molecular formula is C11H14N2O. The highest BCUT2D eigenvalue weighted by Crippen LogP contribution is 2.34. The molecule has 1 aromatic carbocycles. The van der Waals surface area contributed by atoms with Crippen molar-refractivity contribution >= 4 is 11.6 Å². The molecule has 0 atom stereocenters. The molecule has 1 aliphatic carbocycles. The molecule has 0 unspecified atom stereocenters. The summed E-state index contributed by atoms with van der Waals surface area (Å²) in [5.41, 5.74) is 6.89. The van der Waals surface area contributed by atoms with Gasteiger partial charge in [-0.25, -0.2) is 0 Å². The minimum atomic E-state index is -0.0303. The Balaban J connectivity index is 2.11. The van der Waals surface area contributed by atoms with Crippen LogP contribution in [0.3, 0.4) is 0 Å². The molecular weight excluding hydrogens is 176 g/mol. The van der Waals surface area contributed by atoms with Crippen LogP contribution < -0.4 is 11.1 Å². The first-order valence-corrected chi connectivity index (χ1v) is 4.77. The Labute approximate surface area is 83.3 Å². The van der Waals surface area contributed by atoms with Gasteiger partial charge in [0.15, 0.2) is 0 Å². The summed E-state index contributed by atoms with van der Waals surface area (Å²) < 4.78 is 0. The number of carbonyl (C=O) groups excluding carboxylic acids is 1. The van der Waals surface area contributed by atoms with Crippen LogP contribution in [0.4, 0.5) is 5.69 Å². The van der Waals surface area contributed by atoms with Gasteiger partial charge in [-0.3, -0.25) is 4.79 Å². The number of anilines is 1. The van der Waals surface area contributed by atoms with Crippen LogP contribution in [0.2, 0.25) is 0 Å². The predicted molar refractivity (Wildman–Crippen MR) is 56.0 cm³/mol. The number of carbonyl (C=O) groups is 1. The normalized spacial score (nSPS) is 17.5. The summed E-state index contributed by atoms with van der Waals surface area (Å²) in [6, 6.07) is 7.04. The first kappa shape index (κ1) is 9.06. The van der Waals surface area contributed by atoms with Gasteiger partial charge in [0.2, 0.25) is 0 Å². The minimum absolute atomic E-state index is 0.0295. The van der Waals surface area contributed by atoms with Crippen LogP contribution in [0.25, 0.3) is 0 Å². The number of hydrogen-bond donors (Lipinski definition) is 2. The van der Waals surface area contributed by atoms with Crippen molar-refractivity contribution in [2.45, 2.75) is 25.3 Å². The number of nitrogen functional groups attached to an aromatic ring is 1. The Morgan fingerprint density at radius 2 is 2.21 bits per heavy atom. The van der Waals surface area contributed by atoms with Gasteiger partial charge in [0.25, 0.3) is 5.91 Å². The molecule has 1 fully saturated rings. The summed E-state index contributed by atoms with van der Waals surface area (Å²) in [4.78, 5) is 11.7. The van der Waals surface area contributed by atoms with Gasteiger partial charge in [0, 0.05) is 16.8 Å². The summed E-state index contributed by atoms with van der Waals surface area (Å²) in [6.45, 7) is 2.05. The number of hydrogen-bond acceptors (Lipinski definition) is 2. The summed E-state index contributed by atoms with van der Waals surface area (Å²) >= 11 is 0. The van der Waals surface area contributed by atoms with E-state index in [0.717, 1.165) is 12.8 Å². The van der Waals surface area contributed by atoms with E-state index in [9.17, 15) is 4.79 Å². The molecule has 3 nitrogen and oxygen atoms in total. The predicted octanol–water partition coefficient (Wildman–Crippen LogP) is 1.55. The Morgan fingerprint density at radius 1 is 1.50 bits per heavy atom. The molecule has 1 amide bonds. The van der Waals surface area contributed by atoms with Gasteiger partial charge in [-0.05, 0) is 38.0 Å². The van der Waals surface area contributed by atoms with Gasteiger partial charge in [-0.1, -0.05) is 6.07 Å². The monoisotopic (exact) mass is 190 g/mol. The van der Waals surface area contributed by atoms with E-state index in [4.69, 9.17) is 5.73 Å². The van der Waals surface area contributed by atoms with E-state index >= 15 is 0 Å². The molecule has 2 rings (SSSR count). The average molecular weight is 190 g/mol. The van der Waals surface area contributed by atoms with E-state index in [2.05, 4.69) is 12.2 Å². The third-order valence-corrected chi connectivity index (χ3v) is 2.56. The molecule has 1 saturated carbocycles. The number of nitrogens with one attached hydrogen (secondary N) is 1. The minimum Gasteiger partial charge on any atom is -0.399 e. The molecule has 74 valence electrons. The van der Waals surface area contributed by atoms with Crippen LogP contribution in [0.15, 0.2) is 24.3 Å².